The Bertz CT molecular complexity index is 2140. The Morgan fingerprint density at radius 2 is 0.862 bits per heavy atom. The molecule has 0 aliphatic heterocycles. The molecular weight excluding hydrogens is 1170 g/mol. The number of nitrogens with zero attached hydrogens (tertiary/aromatic N) is 2. The largest absolute Gasteiger partial charge is 0.396 e. The Morgan fingerprint density at radius 1 is 0.494 bits per heavy atom. The van der Waals surface area contributed by atoms with Crippen molar-refractivity contribution in [2.45, 2.75) is 203 Å². The maximum absolute atomic E-state index is 13.8. The fourth-order valence-corrected chi connectivity index (χ4v) is 11.6. The van der Waals surface area contributed by atoms with Gasteiger partial charge in [0.15, 0.2) is 6.10 Å². The van der Waals surface area contributed by atoms with Crippen LogP contribution in [0.3, 0.4) is 0 Å². The molecule has 0 spiro atoms. The van der Waals surface area contributed by atoms with Gasteiger partial charge in [-0.05, 0) is 83.5 Å². The van der Waals surface area contributed by atoms with Crippen molar-refractivity contribution in [1.29, 1.82) is 0 Å². The van der Waals surface area contributed by atoms with E-state index in [0.717, 1.165) is 6.66 Å². The lowest BCUT2D eigenvalue weighted by molar-refractivity contribution is -0.142. The molecule has 8 unspecified atom stereocenters. The molecule has 7 amide bonds. The van der Waals surface area contributed by atoms with E-state index in [0.29, 0.717) is 70.8 Å². The molecule has 0 heterocycles. The predicted molar refractivity (Wildman–Crippen MR) is 311 cm³/mol. The molecule has 30 nitrogen and oxygen atoms in total. The van der Waals surface area contributed by atoms with Crippen molar-refractivity contribution in [3.63, 3.8) is 0 Å². The number of aliphatic hydroxyl groups is 10. The Kier molecular flexibility index (Phi) is 36.0. The zero-order valence-electron chi connectivity index (χ0n) is 50.9. The summed E-state index contributed by atoms with van der Waals surface area (Å²) in [6.45, 7) is 4.11. The lowest BCUT2D eigenvalue weighted by atomic mass is 9.79. The van der Waals surface area contributed by atoms with Crippen molar-refractivity contribution in [3.8, 4) is 0 Å². The Hall–Kier alpha value is -4.08. The molecule has 0 bridgehead atoms. The second-order valence-electron chi connectivity index (χ2n) is 23.2. The third kappa shape index (κ3) is 27.9. The van der Waals surface area contributed by atoms with Crippen LogP contribution >= 0.6 is 7.60 Å². The highest BCUT2D eigenvalue weighted by atomic mass is 31.2. The molecule has 0 aromatic rings. The summed E-state index contributed by atoms with van der Waals surface area (Å²) >= 11 is 0. The maximum Gasteiger partial charge on any atom is 0.325 e. The Balaban J connectivity index is 1.56. The molecule has 3 rings (SSSR count). The summed E-state index contributed by atoms with van der Waals surface area (Å²) in [5.41, 5.74) is 0. The maximum atomic E-state index is 13.8. The van der Waals surface area contributed by atoms with Gasteiger partial charge >= 0.3 is 7.60 Å². The van der Waals surface area contributed by atoms with Gasteiger partial charge in [-0.15, -0.1) is 0 Å². The van der Waals surface area contributed by atoms with E-state index < -0.39 is 148 Å². The molecule has 31 heteroatoms. The summed E-state index contributed by atoms with van der Waals surface area (Å²) in [4.78, 5) is 101. The van der Waals surface area contributed by atoms with Crippen LogP contribution in [-0.4, -0.2) is 278 Å². The zero-order valence-corrected chi connectivity index (χ0v) is 51.8. The molecule has 16 N–H and O–H groups in total. The first-order valence-electron chi connectivity index (χ1n) is 30.5. The van der Waals surface area contributed by atoms with E-state index in [1.54, 1.807) is 4.90 Å². The summed E-state index contributed by atoms with van der Waals surface area (Å²) in [6, 6.07) is -2.71. The number of ether oxygens (including phenoxy) is 3. The van der Waals surface area contributed by atoms with E-state index >= 15 is 0 Å². The van der Waals surface area contributed by atoms with Crippen molar-refractivity contribution >= 4 is 48.9 Å². The number of carbonyl (C=O) groups excluding carboxylic acids is 7. The van der Waals surface area contributed by atoms with Gasteiger partial charge < -0.3 is 111 Å². The minimum absolute atomic E-state index is 0.0141. The third-order valence-corrected chi connectivity index (χ3v) is 16.6. The van der Waals surface area contributed by atoms with Gasteiger partial charge in [0.25, 0.3) is 5.91 Å². The van der Waals surface area contributed by atoms with Gasteiger partial charge in [-0.25, -0.2) is 0 Å². The molecule has 3 aliphatic rings. The van der Waals surface area contributed by atoms with E-state index in [2.05, 4.69) is 26.6 Å². The molecule has 3 aliphatic carbocycles. The quantitative estimate of drug-likeness (QED) is 0.0205. The number of aliphatic hydroxyl groups excluding tert-OH is 10. The first-order valence-corrected chi connectivity index (χ1v) is 32.6. The molecule has 17 atom stereocenters. The van der Waals surface area contributed by atoms with Crippen molar-refractivity contribution in [2.24, 2.45) is 17.8 Å². The van der Waals surface area contributed by atoms with Gasteiger partial charge in [-0.2, -0.15) is 0 Å². The standard InChI is InChI=1S/C56H102N7O23P/c1-34(67)59-47-41(27-37(30-64)50(74)53(47)77)83-24-11-6-15-44(71)57-18-14-22-62(46(73)17-8-13-26-85-43-29-39(32-66)52(76)55(79)49(43)61-36(3)69)20-9-5-10-21-63(56(80)40(70)33-86-87(4,81)82)23-19-58-45(72)16-7-12-25-84-42-28-38(31-65)51(75)54(78)48(42)60-35(2)68/h37-43,47-55,64-66,70,74-79H,5-33H2,1-4H3,(H,57,71)(H,58,72)(H,59,67)(H,60,68)(H,61,69)(H,81,82)/t37?,38?,39?,40?,41-,42-,43-,47-,48-,49-,50+,51+,52+,53?,54?,55?/m1/s1. The second-order valence-corrected chi connectivity index (χ2v) is 25.1. The number of rotatable bonds is 41. The van der Waals surface area contributed by atoms with Crippen LogP contribution in [-0.2, 0) is 56.9 Å². The summed E-state index contributed by atoms with van der Waals surface area (Å²) in [7, 11) is -4.05. The Morgan fingerprint density at radius 3 is 1.24 bits per heavy atom. The lowest BCUT2D eigenvalue weighted by Crippen LogP contribution is -2.61. The lowest BCUT2D eigenvalue weighted by Gasteiger charge is -2.42. The summed E-state index contributed by atoms with van der Waals surface area (Å²) < 4.78 is 34.5. The first-order chi connectivity index (χ1) is 41.2. The summed E-state index contributed by atoms with van der Waals surface area (Å²) in [5.74, 6) is -4.85. The minimum Gasteiger partial charge on any atom is -0.396 e. The zero-order chi connectivity index (χ0) is 64.8. The van der Waals surface area contributed by atoms with Gasteiger partial charge in [0, 0.05) is 143 Å². The van der Waals surface area contributed by atoms with Crippen molar-refractivity contribution in [1.82, 2.24) is 36.4 Å². The number of unbranched alkanes of at least 4 members (excludes halogenated alkanes) is 5. The molecule has 0 radical (unpaired) electrons. The molecule has 3 fully saturated rings. The summed E-state index contributed by atoms with van der Waals surface area (Å²) in [5, 5.41) is 116. The van der Waals surface area contributed by atoms with Gasteiger partial charge in [-0.3, -0.25) is 38.1 Å². The number of amides is 7. The molecule has 3 saturated carbocycles. The van der Waals surface area contributed by atoms with Crippen LogP contribution in [0, 0.1) is 17.8 Å². The monoisotopic (exact) mass is 1270 g/mol. The fraction of sp³-hybridized carbons (Fsp3) is 0.875. The van der Waals surface area contributed by atoms with E-state index in [4.69, 9.17) is 18.7 Å². The summed E-state index contributed by atoms with van der Waals surface area (Å²) in [6.07, 6.45) is -6.60. The predicted octanol–water partition coefficient (Wildman–Crippen LogP) is -3.99. The molecule has 0 aromatic carbocycles. The number of carbonyl (C=O) groups is 7. The van der Waals surface area contributed by atoms with Gasteiger partial charge in [0.05, 0.1) is 61.4 Å². The van der Waals surface area contributed by atoms with Gasteiger partial charge in [0.2, 0.25) is 35.4 Å². The molecular formula is C56H102N7O23P. The van der Waals surface area contributed by atoms with E-state index in [1.165, 1.54) is 25.7 Å². The number of nitrogens with one attached hydrogen (secondary N) is 5. The van der Waals surface area contributed by atoms with E-state index in [9.17, 15) is 94.1 Å². The van der Waals surface area contributed by atoms with Crippen LogP contribution in [0.2, 0.25) is 0 Å². The highest BCUT2D eigenvalue weighted by molar-refractivity contribution is 7.51. The highest BCUT2D eigenvalue weighted by Gasteiger charge is 2.47. The minimum atomic E-state index is -4.05. The number of hydrogen-bond donors (Lipinski definition) is 16. The highest BCUT2D eigenvalue weighted by Crippen LogP contribution is 2.36. The van der Waals surface area contributed by atoms with Crippen molar-refractivity contribution < 1.29 is 113 Å². The average Bonchev–Trinajstić information content (AvgIpc) is 1.66. The van der Waals surface area contributed by atoms with E-state index in [1.807, 2.05) is 0 Å². The smallest absolute Gasteiger partial charge is 0.325 e. The van der Waals surface area contributed by atoms with Crippen molar-refractivity contribution in [3.05, 3.63) is 0 Å². The van der Waals surface area contributed by atoms with E-state index in [-0.39, 0.29) is 115 Å². The third-order valence-electron chi connectivity index (χ3n) is 16.0. The first kappa shape index (κ1) is 77.2. The second kappa shape index (κ2) is 40.6. The van der Waals surface area contributed by atoms with Crippen LogP contribution in [0.4, 0.5) is 0 Å². The van der Waals surface area contributed by atoms with Crippen LogP contribution in [0.5, 0.6) is 0 Å². The number of hydrogen-bond acceptors (Lipinski definition) is 22. The van der Waals surface area contributed by atoms with Crippen LogP contribution < -0.4 is 26.6 Å². The fourth-order valence-electron chi connectivity index (χ4n) is 11.2. The van der Waals surface area contributed by atoms with Crippen LogP contribution in [0.1, 0.15) is 124 Å². The van der Waals surface area contributed by atoms with Crippen LogP contribution in [0.25, 0.3) is 0 Å². The molecule has 0 aromatic heterocycles. The van der Waals surface area contributed by atoms with Crippen LogP contribution in [0.15, 0.2) is 0 Å². The SMILES string of the molecule is CC(=O)N[C@H]1C(O)[C@@H](O)C(CO)C[C@H]1OCCCCC(=O)NCCCN(CCCCCN(CCNC(=O)CCCCO[C@@H]1CC(CO)[C@H](O)C(O)[C@@H]1NC(C)=O)C(=O)C(O)COP(C)(=O)O)C(=O)CCCCO[C@@H]1CC(CO)[C@H](O)C(O)[C@@H]1NC(C)=O. The molecule has 87 heavy (non-hydrogen) atoms. The molecule has 0 saturated heterocycles. The topological polar surface area (TPSA) is 463 Å². The Labute approximate surface area is 509 Å². The van der Waals surface area contributed by atoms with Gasteiger partial charge in [-0.1, -0.05) is 0 Å². The van der Waals surface area contributed by atoms with Crippen molar-refractivity contribution in [2.75, 3.05) is 92.2 Å². The molecule has 504 valence electrons. The normalized spacial score (nSPS) is 28.3. The average molecular weight is 1270 g/mol. The van der Waals surface area contributed by atoms with Gasteiger partial charge in [0.1, 0.15) is 18.3 Å².